The van der Waals surface area contributed by atoms with Crippen LogP contribution in [0, 0.1) is 5.92 Å². The Labute approximate surface area is 157 Å². The minimum Gasteiger partial charge on any atom is -0.444 e. The van der Waals surface area contributed by atoms with Crippen LogP contribution in [0.15, 0.2) is 0 Å². The maximum absolute atomic E-state index is 12.7. The summed E-state index contributed by atoms with van der Waals surface area (Å²) in [6.07, 6.45) is 10.0. The van der Waals surface area contributed by atoms with Gasteiger partial charge in [-0.1, -0.05) is 12.8 Å². The second-order valence-corrected chi connectivity index (χ2v) is 10.4. The number of amides is 1. The Hall–Kier alpha value is -0.420. The Morgan fingerprint density at radius 2 is 1.92 bits per heavy atom. The van der Waals surface area contributed by atoms with E-state index in [1.54, 1.807) is 0 Å². The van der Waals surface area contributed by atoms with Crippen LogP contribution in [0.1, 0.15) is 72.1 Å². The molecule has 4 nitrogen and oxygen atoms in total. The lowest BCUT2D eigenvalue weighted by molar-refractivity contribution is 0.0133. The first-order valence-corrected chi connectivity index (χ1v) is 11.3. The summed E-state index contributed by atoms with van der Waals surface area (Å²) in [6, 6.07) is 0.937. The van der Waals surface area contributed by atoms with Gasteiger partial charge < -0.3 is 15.0 Å². The molecule has 0 aromatic heterocycles. The van der Waals surface area contributed by atoms with Crippen molar-refractivity contribution in [3.8, 4) is 0 Å². The van der Waals surface area contributed by atoms with E-state index in [0.29, 0.717) is 18.0 Å². The van der Waals surface area contributed by atoms with Crippen molar-refractivity contribution in [2.45, 2.75) is 95.1 Å². The molecule has 1 aliphatic carbocycles. The van der Waals surface area contributed by atoms with Gasteiger partial charge in [-0.15, -0.1) is 0 Å². The highest BCUT2D eigenvalue weighted by atomic mass is 32.2. The number of hydrogen-bond acceptors (Lipinski definition) is 4. The van der Waals surface area contributed by atoms with Crippen molar-refractivity contribution in [1.82, 2.24) is 10.2 Å². The number of carbonyl (C=O) groups excluding carboxylic acids is 1. The second kappa shape index (κ2) is 8.51. The van der Waals surface area contributed by atoms with Crippen molar-refractivity contribution in [3.63, 3.8) is 0 Å². The summed E-state index contributed by atoms with van der Waals surface area (Å²) >= 11 is 2.13. The highest BCUT2D eigenvalue weighted by molar-refractivity contribution is 8.00. The third-order valence-electron chi connectivity index (χ3n) is 5.87. The lowest BCUT2D eigenvalue weighted by Crippen LogP contribution is -2.51. The molecular formula is C20H36N2O2S. The number of ether oxygens (including phenoxy) is 1. The molecule has 1 amide bonds. The first-order valence-electron chi connectivity index (χ1n) is 10.3. The maximum Gasteiger partial charge on any atom is 0.410 e. The largest absolute Gasteiger partial charge is 0.444 e. The Balaban J connectivity index is 1.60. The van der Waals surface area contributed by atoms with E-state index in [9.17, 15) is 4.79 Å². The fourth-order valence-electron chi connectivity index (χ4n) is 4.75. The van der Waals surface area contributed by atoms with Crippen molar-refractivity contribution >= 4 is 17.9 Å². The van der Waals surface area contributed by atoms with Crippen LogP contribution in [0.4, 0.5) is 4.79 Å². The van der Waals surface area contributed by atoms with E-state index in [1.165, 1.54) is 44.3 Å². The second-order valence-electron chi connectivity index (χ2n) is 8.98. The van der Waals surface area contributed by atoms with Gasteiger partial charge in [0.05, 0.1) is 0 Å². The number of hydrogen-bond donors (Lipinski definition) is 1. The molecular weight excluding hydrogens is 332 g/mol. The van der Waals surface area contributed by atoms with Gasteiger partial charge in [-0.25, -0.2) is 4.79 Å². The molecule has 3 fully saturated rings. The first-order chi connectivity index (χ1) is 11.9. The predicted octanol–water partition coefficient (Wildman–Crippen LogP) is 4.43. The third kappa shape index (κ3) is 5.29. The van der Waals surface area contributed by atoms with Gasteiger partial charge in [0.2, 0.25) is 0 Å². The summed E-state index contributed by atoms with van der Waals surface area (Å²) in [5, 5.41) is 4.70. The van der Waals surface area contributed by atoms with E-state index in [1.807, 2.05) is 25.7 Å². The average molecular weight is 369 g/mol. The molecule has 25 heavy (non-hydrogen) atoms. The average Bonchev–Trinajstić information content (AvgIpc) is 3.23. The molecule has 4 unspecified atom stereocenters. The minimum absolute atomic E-state index is 0.106. The predicted molar refractivity (Wildman–Crippen MR) is 105 cm³/mol. The van der Waals surface area contributed by atoms with Crippen molar-refractivity contribution in [1.29, 1.82) is 0 Å². The van der Waals surface area contributed by atoms with Crippen molar-refractivity contribution in [2.24, 2.45) is 5.92 Å². The standard InChI is InChI=1S/C20H36N2O2S/c1-20(2,3)24-19(23)22-12-6-11-18(22)16-9-4-5-10-17(16)21-14-15-8-7-13-25-15/h15-18,21H,4-14H2,1-3H3. The Morgan fingerprint density at radius 1 is 1.12 bits per heavy atom. The van der Waals surface area contributed by atoms with E-state index in [-0.39, 0.29) is 6.09 Å². The summed E-state index contributed by atoms with van der Waals surface area (Å²) in [6.45, 7) is 7.88. The summed E-state index contributed by atoms with van der Waals surface area (Å²) < 4.78 is 5.68. The molecule has 0 radical (unpaired) electrons. The lowest BCUT2D eigenvalue weighted by Gasteiger charge is -2.40. The van der Waals surface area contributed by atoms with Crippen LogP contribution in [0.25, 0.3) is 0 Å². The van der Waals surface area contributed by atoms with Crippen LogP contribution >= 0.6 is 11.8 Å². The van der Waals surface area contributed by atoms with Gasteiger partial charge in [0.15, 0.2) is 0 Å². The van der Waals surface area contributed by atoms with Crippen LogP contribution in [0.2, 0.25) is 0 Å². The van der Waals surface area contributed by atoms with Crippen molar-refractivity contribution < 1.29 is 9.53 Å². The fourth-order valence-corrected chi connectivity index (χ4v) is 5.96. The fraction of sp³-hybridized carbons (Fsp3) is 0.950. The van der Waals surface area contributed by atoms with Gasteiger partial charge in [-0.05, 0) is 71.0 Å². The zero-order valence-electron chi connectivity index (χ0n) is 16.3. The van der Waals surface area contributed by atoms with Gasteiger partial charge in [0.1, 0.15) is 5.60 Å². The van der Waals surface area contributed by atoms with E-state index in [0.717, 1.165) is 31.2 Å². The Kier molecular flexibility index (Phi) is 6.59. The molecule has 0 bridgehead atoms. The number of carbonyl (C=O) groups is 1. The molecule has 4 atom stereocenters. The number of rotatable bonds is 4. The summed E-state index contributed by atoms with van der Waals surface area (Å²) in [7, 11) is 0. The van der Waals surface area contributed by atoms with Gasteiger partial charge in [0, 0.05) is 30.4 Å². The van der Waals surface area contributed by atoms with E-state index in [4.69, 9.17) is 4.74 Å². The Bertz CT molecular complexity index is 445. The highest BCUT2D eigenvalue weighted by Gasteiger charge is 2.41. The molecule has 5 heteroatoms. The van der Waals surface area contributed by atoms with Crippen molar-refractivity contribution in [2.75, 3.05) is 18.8 Å². The topological polar surface area (TPSA) is 41.6 Å². The molecule has 2 saturated heterocycles. The van der Waals surface area contributed by atoms with Crippen LogP contribution in [0.5, 0.6) is 0 Å². The minimum atomic E-state index is -0.409. The lowest BCUT2D eigenvalue weighted by atomic mass is 9.79. The summed E-state index contributed by atoms with van der Waals surface area (Å²) in [5.41, 5.74) is -0.409. The molecule has 3 rings (SSSR count). The molecule has 0 aromatic carbocycles. The molecule has 0 spiro atoms. The Morgan fingerprint density at radius 3 is 2.64 bits per heavy atom. The SMILES string of the molecule is CC(C)(C)OC(=O)N1CCCC1C1CCCCC1NCC1CCCS1. The number of nitrogens with zero attached hydrogens (tertiary/aromatic N) is 1. The summed E-state index contributed by atoms with van der Waals surface area (Å²) in [5.74, 6) is 1.92. The smallest absolute Gasteiger partial charge is 0.410 e. The quantitative estimate of drug-likeness (QED) is 0.797. The normalized spacial score (nSPS) is 33.6. The van der Waals surface area contributed by atoms with Crippen LogP contribution in [-0.2, 0) is 4.74 Å². The molecule has 3 aliphatic rings. The van der Waals surface area contributed by atoms with E-state index >= 15 is 0 Å². The third-order valence-corrected chi connectivity index (χ3v) is 7.27. The number of thioether (sulfide) groups is 1. The van der Waals surface area contributed by atoms with Gasteiger partial charge in [-0.3, -0.25) is 0 Å². The van der Waals surface area contributed by atoms with E-state index in [2.05, 4.69) is 17.1 Å². The van der Waals surface area contributed by atoms with Gasteiger partial charge in [0.25, 0.3) is 0 Å². The highest BCUT2D eigenvalue weighted by Crippen LogP contribution is 2.36. The zero-order valence-corrected chi connectivity index (χ0v) is 17.1. The van der Waals surface area contributed by atoms with Gasteiger partial charge >= 0.3 is 6.09 Å². The maximum atomic E-state index is 12.7. The molecule has 0 aromatic rings. The molecule has 2 heterocycles. The number of likely N-dealkylation sites (tertiary alicyclic amines) is 1. The van der Waals surface area contributed by atoms with Gasteiger partial charge in [-0.2, -0.15) is 11.8 Å². The number of nitrogens with one attached hydrogen (secondary N) is 1. The van der Waals surface area contributed by atoms with Crippen molar-refractivity contribution in [3.05, 3.63) is 0 Å². The van der Waals surface area contributed by atoms with E-state index < -0.39 is 5.60 Å². The first kappa shape index (κ1) is 19.3. The van der Waals surface area contributed by atoms with Crippen LogP contribution in [-0.4, -0.2) is 52.8 Å². The molecule has 1 N–H and O–H groups in total. The molecule has 1 saturated carbocycles. The zero-order chi connectivity index (χ0) is 17.9. The monoisotopic (exact) mass is 368 g/mol. The molecule has 2 aliphatic heterocycles. The summed E-state index contributed by atoms with van der Waals surface area (Å²) in [4.78, 5) is 14.7. The molecule has 144 valence electrons. The van der Waals surface area contributed by atoms with Crippen LogP contribution < -0.4 is 5.32 Å². The van der Waals surface area contributed by atoms with Crippen LogP contribution in [0.3, 0.4) is 0 Å².